The number of aryl methyl sites for hydroxylation is 1. The van der Waals surface area contributed by atoms with Gasteiger partial charge in [-0.2, -0.15) is 9.97 Å². The van der Waals surface area contributed by atoms with Crippen molar-refractivity contribution >= 4 is 28.7 Å². The smallest absolute Gasteiger partial charge is 0.319 e. The number of fused-ring (bicyclic) bond motifs is 2. The molecule has 4 saturated heterocycles. The van der Waals surface area contributed by atoms with Gasteiger partial charge in [0, 0.05) is 62.2 Å². The Bertz CT molecular complexity index is 2010. The van der Waals surface area contributed by atoms with E-state index in [2.05, 4.69) is 24.8 Å². The lowest BCUT2D eigenvalue weighted by Gasteiger charge is -2.55. The summed E-state index contributed by atoms with van der Waals surface area (Å²) < 4.78 is 70.9. The molecule has 4 aromatic rings. The fraction of sp³-hybridized carbons (Fsp3) is 0.444. The van der Waals surface area contributed by atoms with E-state index in [1.54, 1.807) is 36.2 Å². The molecule has 7 heterocycles. The van der Waals surface area contributed by atoms with Crippen LogP contribution in [0.15, 0.2) is 48.8 Å². The third-order valence-corrected chi connectivity index (χ3v) is 10.5. The fourth-order valence-electron chi connectivity index (χ4n) is 7.97. The highest BCUT2D eigenvalue weighted by molar-refractivity contribution is 5.94. The molecule has 4 fully saturated rings. The van der Waals surface area contributed by atoms with Gasteiger partial charge in [-0.15, -0.1) is 0 Å². The maximum atomic E-state index is 16.6. The van der Waals surface area contributed by atoms with Crippen LogP contribution in [0.5, 0.6) is 6.01 Å². The van der Waals surface area contributed by atoms with Crippen molar-refractivity contribution in [1.29, 1.82) is 0 Å². The number of benzene rings is 1. The number of anilines is 1. The number of aromatic nitrogens is 5. The molecule has 1 amide bonds. The predicted octanol–water partition coefficient (Wildman–Crippen LogP) is 4.95. The van der Waals surface area contributed by atoms with Crippen molar-refractivity contribution < 1.29 is 31.8 Å². The van der Waals surface area contributed by atoms with Gasteiger partial charge in [0.1, 0.15) is 41.2 Å². The zero-order valence-electron chi connectivity index (χ0n) is 27.9. The number of amides is 1. The molecule has 2 atom stereocenters. The molecule has 1 aromatic carbocycles. The highest BCUT2D eigenvalue weighted by Gasteiger charge is 2.51. The monoisotopic (exact) mass is 704 g/mol. The average Bonchev–Trinajstić information content (AvgIpc) is 3.64. The lowest BCUT2D eigenvalue weighted by molar-refractivity contribution is -0.164. The van der Waals surface area contributed by atoms with Crippen LogP contribution < -0.4 is 9.64 Å². The quantitative estimate of drug-likeness (QED) is 0.185. The van der Waals surface area contributed by atoms with Crippen LogP contribution in [0, 0.1) is 12.7 Å². The number of alkyl halides is 3. The Hall–Kier alpha value is -4.76. The molecule has 1 spiro atoms. The van der Waals surface area contributed by atoms with Crippen LogP contribution in [0.1, 0.15) is 42.8 Å². The minimum atomic E-state index is -2.85. The number of halogens is 4. The van der Waals surface area contributed by atoms with E-state index in [0.29, 0.717) is 49.9 Å². The summed E-state index contributed by atoms with van der Waals surface area (Å²) in [4.78, 5) is 41.3. The first-order valence-corrected chi connectivity index (χ1v) is 17.0. The number of nitrogens with zero attached hydrogens (tertiary/aromatic N) is 8. The molecule has 8 rings (SSSR count). The van der Waals surface area contributed by atoms with Gasteiger partial charge >= 0.3 is 6.01 Å². The van der Waals surface area contributed by atoms with Gasteiger partial charge in [-0.05, 0) is 38.5 Å². The first-order valence-electron chi connectivity index (χ1n) is 17.0. The van der Waals surface area contributed by atoms with E-state index in [1.807, 2.05) is 4.90 Å². The van der Waals surface area contributed by atoms with Crippen LogP contribution in [0.3, 0.4) is 0 Å². The number of carbonyl (C=O) groups is 1. The summed E-state index contributed by atoms with van der Waals surface area (Å²) in [5, 5.41) is 0.262. The second kappa shape index (κ2) is 13.1. The van der Waals surface area contributed by atoms with Gasteiger partial charge < -0.3 is 19.3 Å². The Morgan fingerprint density at radius 1 is 1.12 bits per heavy atom. The summed E-state index contributed by atoms with van der Waals surface area (Å²) in [6.07, 6.45) is 4.33. The van der Waals surface area contributed by atoms with Crippen molar-refractivity contribution in [3.05, 3.63) is 71.7 Å². The third-order valence-electron chi connectivity index (χ3n) is 10.5. The van der Waals surface area contributed by atoms with E-state index < -0.39 is 29.5 Å². The molecule has 11 nitrogen and oxygen atoms in total. The van der Waals surface area contributed by atoms with Gasteiger partial charge in [-0.3, -0.25) is 14.7 Å². The number of piperazine rings is 1. The third kappa shape index (κ3) is 6.05. The molecular formula is C36H36F4N8O3. The highest BCUT2D eigenvalue weighted by Crippen LogP contribution is 2.42. The first kappa shape index (κ1) is 33.4. The predicted molar refractivity (Wildman–Crippen MR) is 180 cm³/mol. The van der Waals surface area contributed by atoms with Gasteiger partial charge in [0.15, 0.2) is 5.82 Å². The summed E-state index contributed by atoms with van der Waals surface area (Å²) in [5.74, 6) is -0.172. The molecular weight excluding hydrogens is 668 g/mol. The molecule has 0 radical (unpaired) electrons. The van der Waals surface area contributed by atoms with Crippen LogP contribution >= 0.6 is 0 Å². The van der Waals surface area contributed by atoms with Gasteiger partial charge in [-0.1, -0.05) is 24.3 Å². The number of hydrogen-bond acceptors (Lipinski definition) is 10. The standard InChI is InChI=1S/C36H36F4N8O3/c1-22-41-11-9-24(43-22)7-8-28(49)48-14-13-46(18-36(48)19-50-20-36)33-27-16-42-30(25-5-2-3-6-26(25)32(39)40)29(38)31(27)44-34(45-33)51-21-35-10-4-12-47(35)17-23(37)15-35/h2-3,5-9,11,16,23,32H,4,10,12-15,17-21H2,1H3/b8-7+/t23-,35+/m1/s1. The first-order chi connectivity index (χ1) is 24.6. The average molecular weight is 705 g/mol. The van der Waals surface area contributed by atoms with E-state index in [9.17, 15) is 18.0 Å². The van der Waals surface area contributed by atoms with E-state index >= 15 is 4.39 Å². The van der Waals surface area contributed by atoms with Crippen molar-refractivity contribution in [1.82, 2.24) is 34.7 Å². The van der Waals surface area contributed by atoms with Gasteiger partial charge in [0.05, 0.1) is 29.8 Å². The van der Waals surface area contributed by atoms with Gasteiger partial charge in [0.2, 0.25) is 5.91 Å². The topological polar surface area (TPSA) is 110 Å². The zero-order valence-corrected chi connectivity index (χ0v) is 27.9. The Morgan fingerprint density at radius 2 is 1.96 bits per heavy atom. The molecule has 4 aliphatic heterocycles. The summed E-state index contributed by atoms with van der Waals surface area (Å²) in [5.41, 5.74) is -1.39. The second-order valence-corrected chi connectivity index (χ2v) is 13.8. The largest absolute Gasteiger partial charge is 0.461 e. The van der Waals surface area contributed by atoms with Crippen molar-refractivity contribution in [2.45, 2.75) is 49.9 Å². The molecule has 0 N–H and O–H groups in total. The zero-order chi connectivity index (χ0) is 35.3. The summed E-state index contributed by atoms with van der Waals surface area (Å²) >= 11 is 0. The maximum absolute atomic E-state index is 16.6. The van der Waals surface area contributed by atoms with Crippen LogP contribution in [0.2, 0.25) is 0 Å². The van der Waals surface area contributed by atoms with Gasteiger partial charge in [0.25, 0.3) is 6.43 Å². The number of pyridine rings is 1. The Balaban J connectivity index is 1.15. The van der Waals surface area contributed by atoms with Crippen LogP contribution in [-0.4, -0.2) is 110 Å². The number of rotatable bonds is 8. The molecule has 0 unspecified atom stereocenters. The molecule has 15 heteroatoms. The Labute approximate surface area is 291 Å². The maximum Gasteiger partial charge on any atom is 0.319 e. The van der Waals surface area contributed by atoms with E-state index in [-0.39, 0.29) is 59.5 Å². The van der Waals surface area contributed by atoms with E-state index in [0.717, 1.165) is 19.4 Å². The highest BCUT2D eigenvalue weighted by atomic mass is 19.3. The van der Waals surface area contributed by atoms with Gasteiger partial charge in [-0.25, -0.2) is 27.5 Å². The molecule has 0 bridgehead atoms. The lowest BCUT2D eigenvalue weighted by atomic mass is 9.91. The van der Waals surface area contributed by atoms with Crippen molar-refractivity contribution in [3.63, 3.8) is 0 Å². The molecule has 0 aliphatic carbocycles. The fourth-order valence-corrected chi connectivity index (χ4v) is 7.97. The van der Waals surface area contributed by atoms with Crippen LogP contribution in [0.25, 0.3) is 28.2 Å². The van der Waals surface area contributed by atoms with E-state index in [1.165, 1.54) is 30.5 Å². The molecule has 0 saturated carbocycles. The molecule has 3 aromatic heterocycles. The van der Waals surface area contributed by atoms with E-state index in [4.69, 9.17) is 14.5 Å². The Kier molecular flexibility index (Phi) is 8.57. The summed E-state index contributed by atoms with van der Waals surface area (Å²) in [6.45, 7) is 4.50. The summed E-state index contributed by atoms with van der Waals surface area (Å²) in [7, 11) is 0. The van der Waals surface area contributed by atoms with Crippen LogP contribution in [0.4, 0.5) is 23.4 Å². The van der Waals surface area contributed by atoms with Crippen molar-refractivity contribution in [3.8, 4) is 17.3 Å². The SMILES string of the molecule is Cc1nccc(/C=C/C(=O)N2CCN(c3nc(OC[C@@]45CCCN4C[C@H](F)C5)nc4c(F)c(-c5ccccc5C(F)F)ncc34)CC23COC3)n1. The van der Waals surface area contributed by atoms with Crippen molar-refractivity contribution in [2.24, 2.45) is 0 Å². The van der Waals surface area contributed by atoms with Crippen LogP contribution in [-0.2, 0) is 9.53 Å². The number of hydrogen-bond donors (Lipinski definition) is 0. The second-order valence-electron chi connectivity index (χ2n) is 13.8. The molecule has 51 heavy (non-hydrogen) atoms. The molecule has 266 valence electrons. The number of ether oxygens (including phenoxy) is 2. The molecule has 4 aliphatic rings. The summed E-state index contributed by atoms with van der Waals surface area (Å²) in [6, 6.07) is 7.25. The minimum absolute atomic E-state index is 0.0437. The lowest BCUT2D eigenvalue weighted by Crippen LogP contribution is -2.72. The Morgan fingerprint density at radius 3 is 2.75 bits per heavy atom. The minimum Gasteiger partial charge on any atom is -0.461 e. The van der Waals surface area contributed by atoms with Crippen molar-refractivity contribution in [2.75, 3.05) is 57.4 Å². The normalized spacial score (nSPS) is 23.1. The number of carbonyl (C=O) groups excluding carboxylic acids is 1.